The molecule has 6 heteroatoms. The number of nitrogens with one attached hydrogen (secondary N) is 1. The largest absolute Gasteiger partial charge is 0.368 e. The van der Waals surface area contributed by atoms with Crippen LogP contribution in [0.5, 0.6) is 0 Å². The standard InChI is InChI=1S/C12H15N3O2S/c1-18(16,17)6-5-14-12-10(8-13)7-9-3-2-4-11(9)15-12/h7H,2-6H2,1H3,(H,14,15). The van der Waals surface area contributed by atoms with Crippen LogP contribution < -0.4 is 5.32 Å². The quantitative estimate of drug-likeness (QED) is 0.874. The van der Waals surface area contributed by atoms with E-state index in [0.29, 0.717) is 11.4 Å². The number of fused-ring (bicyclic) bond motifs is 1. The molecule has 1 aliphatic rings. The van der Waals surface area contributed by atoms with Crippen LogP contribution in [0.25, 0.3) is 0 Å². The van der Waals surface area contributed by atoms with Gasteiger partial charge in [0.2, 0.25) is 0 Å². The van der Waals surface area contributed by atoms with Gasteiger partial charge in [0.15, 0.2) is 0 Å². The molecule has 1 heterocycles. The Hall–Kier alpha value is -1.61. The van der Waals surface area contributed by atoms with Crippen molar-refractivity contribution in [1.82, 2.24) is 4.98 Å². The van der Waals surface area contributed by atoms with Gasteiger partial charge in [0.25, 0.3) is 0 Å². The van der Waals surface area contributed by atoms with Crippen molar-refractivity contribution in [2.45, 2.75) is 19.3 Å². The molecule has 0 aromatic carbocycles. The molecule has 5 nitrogen and oxygen atoms in total. The molecule has 96 valence electrons. The zero-order valence-electron chi connectivity index (χ0n) is 10.2. The summed E-state index contributed by atoms with van der Waals surface area (Å²) in [5.74, 6) is 0.540. The fraction of sp³-hybridized carbons (Fsp3) is 0.500. The summed E-state index contributed by atoms with van der Waals surface area (Å²) >= 11 is 0. The fourth-order valence-corrected chi connectivity index (χ4v) is 2.52. The maximum absolute atomic E-state index is 11.0. The number of aryl methyl sites for hydroxylation is 2. The summed E-state index contributed by atoms with van der Waals surface area (Å²) in [6.45, 7) is 0.277. The van der Waals surface area contributed by atoms with Crippen LogP contribution in [0.4, 0.5) is 5.82 Å². The van der Waals surface area contributed by atoms with Crippen molar-refractivity contribution >= 4 is 15.7 Å². The van der Waals surface area contributed by atoms with E-state index in [1.165, 1.54) is 6.26 Å². The van der Waals surface area contributed by atoms with Gasteiger partial charge >= 0.3 is 0 Å². The van der Waals surface area contributed by atoms with Gasteiger partial charge in [-0.05, 0) is 30.9 Å². The first-order valence-corrected chi connectivity index (χ1v) is 7.90. The molecule has 1 N–H and O–H groups in total. The minimum Gasteiger partial charge on any atom is -0.368 e. The highest BCUT2D eigenvalue weighted by molar-refractivity contribution is 7.90. The molecule has 0 saturated carbocycles. The minimum absolute atomic E-state index is 0.0383. The highest BCUT2D eigenvalue weighted by Crippen LogP contribution is 2.24. The molecule has 0 atom stereocenters. The Kier molecular flexibility index (Phi) is 3.53. The van der Waals surface area contributed by atoms with Gasteiger partial charge in [0, 0.05) is 18.5 Å². The Morgan fingerprint density at radius 3 is 2.94 bits per heavy atom. The molecule has 1 aromatic rings. The fourth-order valence-electron chi connectivity index (χ4n) is 2.05. The Morgan fingerprint density at radius 1 is 1.50 bits per heavy atom. The summed E-state index contributed by atoms with van der Waals surface area (Å²) < 4.78 is 22.1. The summed E-state index contributed by atoms with van der Waals surface area (Å²) in [4.78, 5) is 4.42. The van der Waals surface area contributed by atoms with E-state index in [4.69, 9.17) is 5.26 Å². The highest BCUT2D eigenvalue weighted by Gasteiger charge is 2.16. The van der Waals surface area contributed by atoms with Crippen molar-refractivity contribution in [1.29, 1.82) is 5.26 Å². The van der Waals surface area contributed by atoms with Crippen molar-refractivity contribution in [3.8, 4) is 6.07 Å². The van der Waals surface area contributed by atoms with Gasteiger partial charge in [-0.25, -0.2) is 13.4 Å². The minimum atomic E-state index is -3.00. The summed E-state index contributed by atoms with van der Waals surface area (Å²) in [5.41, 5.74) is 2.65. The molecule has 18 heavy (non-hydrogen) atoms. The van der Waals surface area contributed by atoms with Gasteiger partial charge in [-0.15, -0.1) is 0 Å². The Labute approximate surface area is 107 Å². The van der Waals surface area contributed by atoms with Crippen LogP contribution >= 0.6 is 0 Å². The lowest BCUT2D eigenvalue weighted by molar-refractivity contribution is 0.602. The van der Waals surface area contributed by atoms with Crippen molar-refractivity contribution < 1.29 is 8.42 Å². The predicted molar refractivity (Wildman–Crippen MR) is 69.2 cm³/mol. The van der Waals surface area contributed by atoms with Gasteiger partial charge in [0.1, 0.15) is 21.7 Å². The Balaban J connectivity index is 2.15. The lowest BCUT2D eigenvalue weighted by Crippen LogP contribution is -2.16. The van der Waals surface area contributed by atoms with Crippen LogP contribution in [0, 0.1) is 11.3 Å². The molecule has 1 aliphatic carbocycles. The van der Waals surface area contributed by atoms with E-state index in [0.717, 1.165) is 30.5 Å². The second-order valence-corrected chi connectivity index (χ2v) is 6.77. The topological polar surface area (TPSA) is 82.8 Å². The number of aromatic nitrogens is 1. The van der Waals surface area contributed by atoms with Crippen LogP contribution in [0.2, 0.25) is 0 Å². The smallest absolute Gasteiger partial charge is 0.149 e. The van der Waals surface area contributed by atoms with E-state index in [-0.39, 0.29) is 12.3 Å². The molecule has 0 bridgehead atoms. The molecule has 2 rings (SSSR count). The van der Waals surface area contributed by atoms with E-state index in [1.807, 2.05) is 6.07 Å². The molecule has 0 spiro atoms. The Bertz CT molecular complexity index is 602. The normalized spacial score (nSPS) is 14.0. The molecule has 0 radical (unpaired) electrons. The molecule has 0 fully saturated rings. The van der Waals surface area contributed by atoms with Crippen molar-refractivity contribution in [3.63, 3.8) is 0 Å². The van der Waals surface area contributed by atoms with Crippen molar-refractivity contribution in [2.24, 2.45) is 0 Å². The van der Waals surface area contributed by atoms with Crippen LogP contribution in [0.15, 0.2) is 6.07 Å². The van der Waals surface area contributed by atoms with Gasteiger partial charge in [-0.2, -0.15) is 5.26 Å². The van der Waals surface area contributed by atoms with Crippen LogP contribution in [-0.4, -0.2) is 32.0 Å². The average Bonchev–Trinajstić information content (AvgIpc) is 2.73. The number of rotatable bonds is 4. The first kappa shape index (κ1) is 12.8. The van der Waals surface area contributed by atoms with Crippen LogP contribution in [-0.2, 0) is 22.7 Å². The molecular formula is C12H15N3O2S. The van der Waals surface area contributed by atoms with Gasteiger partial charge in [-0.1, -0.05) is 0 Å². The lowest BCUT2D eigenvalue weighted by atomic mass is 10.1. The third-order valence-electron chi connectivity index (χ3n) is 2.94. The Morgan fingerprint density at radius 2 is 2.28 bits per heavy atom. The zero-order chi connectivity index (χ0) is 13.2. The summed E-state index contributed by atoms with van der Waals surface area (Å²) in [5, 5.41) is 12.0. The molecule has 0 amide bonds. The summed E-state index contributed by atoms with van der Waals surface area (Å²) in [6, 6.07) is 3.96. The van der Waals surface area contributed by atoms with E-state index < -0.39 is 9.84 Å². The maximum atomic E-state index is 11.0. The first-order chi connectivity index (χ1) is 8.49. The SMILES string of the molecule is CS(=O)(=O)CCNc1nc2c(cc1C#N)CCC2. The third kappa shape index (κ3) is 2.99. The van der Waals surface area contributed by atoms with Crippen molar-refractivity contribution in [2.75, 3.05) is 23.9 Å². The van der Waals surface area contributed by atoms with Gasteiger partial charge in [0.05, 0.1) is 11.3 Å². The van der Waals surface area contributed by atoms with E-state index >= 15 is 0 Å². The van der Waals surface area contributed by atoms with Gasteiger partial charge in [-0.3, -0.25) is 0 Å². The second-order valence-electron chi connectivity index (χ2n) is 4.51. The summed E-state index contributed by atoms with van der Waals surface area (Å²) in [6.07, 6.45) is 4.17. The average molecular weight is 265 g/mol. The summed E-state index contributed by atoms with van der Waals surface area (Å²) in [7, 11) is -3.00. The lowest BCUT2D eigenvalue weighted by Gasteiger charge is -2.09. The molecular weight excluding hydrogens is 250 g/mol. The van der Waals surface area contributed by atoms with E-state index in [2.05, 4.69) is 16.4 Å². The number of nitrogens with zero attached hydrogens (tertiary/aromatic N) is 2. The molecule has 0 unspecified atom stereocenters. The number of anilines is 1. The number of hydrogen-bond acceptors (Lipinski definition) is 5. The number of nitriles is 1. The highest BCUT2D eigenvalue weighted by atomic mass is 32.2. The molecule has 0 aliphatic heterocycles. The molecule has 1 aromatic heterocycles. The van der Waals surface area contributed by atoms with Gasteiger partial charge < -0.3 is 5.32 Å². The predicted octanol–water partition coefficient (Wildman–Crippen LogP) is 0.898. The number of pyridine rings is 1. The molecule has 0 saturated heterocycles. The van der Waals surface area contributed by atoms with Crippen molar-refractivity contribution in [3.05, 3.63) is 22.9 Å². The monoisotopic (exact) mass is 265 g/mol. The number of sulfone groups is 1. The second kappa shape index (κ2) is 4.94. The van der Waals surface area contributed by atoms with Crippen LogP contribution in [0.3, 0.4) is 0 Å². The maximum Gasteiger partial charge on any atom is 0.149 e. The third-order valence-corrected chi connectivity index (χ3v) is 3.88. The van der Waals surface area contributed by atoms with E-state index in [1.54, 1.807) is 0 Å². The number of hydrogen-bond donors (Lipinski definition) is 1. The van der Waals surface area contributed by atoms with E-state index in [9.17, 15) is 8.42 Å². The van der Waals surface area contributed by atoms with Crippen LogP contribution in [0.1, 0.15) is 23.2 Å². The first-order valence-electron chi connectivity index (χ1n) is 5.84. The zero-order valence-corrected chi connectivity index (χ0v) is 11.0.